The largest absolute Gasteiger partial charge is 0.462 e. The van der Waals surface area contributed by atoms with Crippen molar-refractivity contribution in [2.75, 3.05) is 6.61 Å². The van der Waals surface area contributed by atoms with Gasteiger partial charge in [0.2, 0.25) is 5.91 Å². The van der Waals surface area contributed by atoms with Gasteiger partial charge in [-0.2, -0.15) is 13.2 Å². The number of ether oxygens (including phenoxy) is 1. The molecule has 1 rings (SSSR count). The van der Waals surface area contributed by atoms with Crippen molar-refractivity contribution in [3.05, 3.63) is 34.1 Å². The maximum atomic E-state index is 14.3. The van der Waals surface area contributed by atoms with Crippen LogP contribution in [0, 0.1) is 11.2 Å². The molecule has 24 heavy (non-hydrogen) atoms. The lowest BCUT2D eigenvalue weighted by atomic mass is 9.91. The van der Waals surface area contributed by atoms with E-state index in [1.807, 2.05) is 5.32 Å². The lowest BCUT2D eigenvalue weighted by Crippen LogP contribution is -2.46. The number of carbonyl (C=O) groups is 2. The fourth-order valence-electron chi connectivity index (χ4n) is 1.65. The molecule has 0 saturated carbocycles. The van der Waals surface area contributed by atoms with Crippen LogP contribution in [0.2, 0.25) is 5.02 Å². The Labute approximate surface area is 141 Å². The molecule has 134 valence electrons. The molecule has 1 N–H and O–H groups in total. The van der Waals surface area contributed by atoms with E-state index in [-0.39, 0.29) is 17.2 Å². The van der Waals surface area contributed by atoms with Crippen LogP contribution in [0.25, 0.3) is 0 Å². The first-order valence-electron chi connectivity index (χ1n) is 6.92. The van der Waals surface area contributed by atoms with Crippen molar-refractivity contribution in [2.45, 2.75) is 33.5 Å². The Hall–Kier alpha value is -1.83. The number of hydrogen-bond donors (Lipinski definition) is 1. The second-order valence-electron chi connectivity index (χ2n) is 5.42. The van der Waals surface area contributed by atoms with Gasteiger partial charge in [-0.05, 0) is 26.8 Å². The van der Waals surface area contributed by atoms with Crippen molar-refractivity contribution >= 4 is 23.5 Å². The van der Waals surface area contributed by atoms with Crippen molar-refractivity contribution in [3.63, 3.8) is 0 Å². The molecule has 1 aromatic rings. The van der Waals surface area contributed by atoms with Gasteiger partial charge in [-0.25, -0.2) is 9.18 Å². The Kier molecular flexibility index (Phi) is 6.21. The highest BCUT2D eigenvalue weighted by Crippen LogP contribution is 2.37. The summed E-state index contributed by atoms with van der Waals surface area (Å²) >= 11 is 5.75. The van der Waals surface area contributed by atoms with E-state index in [1.165, 1.54) is 19.1 Å². The number of hydrogen-bond acceptors (Lipinski definition) is 3. The number of alkyl halides is 3. The molecule has 0 unspecified atom stereocenters. The van der Waals surface area contributed by atoms with Crippen LogP contribution in [0.3, 0.4) is 0 Å². The minimum Gasteiger partial charge on any atom is -0.462 e. The third kappa shape index (κ3) is 4.17. The number of amides is 1. The predicted molar refractivity (Wildman–Crippen MR) is 79.0 cm³/mol. The Morgan fingerprint density at radius 1 is 1.25 bits per heavy atom. The Morgan fingerprint density at radius 3 is 2.33 bits per heavy atom. The van der Waals surface area contributed by atoms with Gasteiger partial charge in [0.05, 0.1) is 11.6 Å². The lowest BCUT2D eigenvalue weighted by molar-refractivity contribution is -0.211. The molecular formula is C15H16ClF4NO3. The molecule has 0 aliphatic rings. The van der Waals surface area contributed by atoms with Crippen molar-refractivity contribution in [1.29, 1.82) is 0 Å². The van der Waals surface area contributed by atoms with E-state index in [9.17, 15) is 27.2 Å². The second-order valence-corrected chi connectivity index (χ2v) is 5.83. The highest BCUT2D eigenvalue weighted by molar-refractivity contribution is 6.33. The lowest BCUT2D eigenvalue weighted by Gasteiger charge is -2.26. The zero-order chi connectivity index (χ0) is 18.7. The average Bonchev–Trinajstić information content (AvgIpc) is 2.45. The molecule has 0 spiro atoms. The molecule has 0 radical (unpaired) electrons. The van der Waals surface area contributed by atoms with E-state index >= 15 is 0 Å². The van der Waals surface area contributed by atoms with Crippen molar-refractivity contribution < 1.29 is 31.9 Å². The topological polar surface area (TPSA) is 55.4 Å². The number of benzene rings is 1. The van der Waals surface area contributed by atoms with E-state index in [4.69, 9.17) is 11.6 Å². The van der Waals surface area contributed by atoms with Gasteiger partial charge in [0, 0.05) is 12.1 Å². The van der Waals surface area contributed by atoms with E-state index in [0.717, 1.165) is 0 Å². The van der Waals surface area contributed by atoms with Crippen molar-refractivity contribution in [3.8, 4) is 0 Å². The number of nitrogens with one attached hydrogen (secondary N) is 1. The SMILES string of the molecule is CCOC(=O)c1c(Cl)ccc(CNC(=O)C(C)(C)C(F)(F)F)c1F. The molecular weight excluding hydrogens is 354 g/mol. The molecule has 0 bridgehead atoms. The molecule has 0 heterocycles. The molecule has 4 nitrogen and oxygen atoms in total. The van der Waals surface area contributed by atoms with Gasteiger partial charge >= 0.3 is 12.1 Å². The van der Waals surface area contributed by atoms with E-state index in [2.05, 4.69) is 4.74 Å². The summed E-state index contributed by atoms with van der Waals surface area (Å²) in [5.74, 6) is -3.36. The monoisotopic (exact) mass is 369 g/mol. The van der Waals surface area contributed by atoms with Crippen LogP contribution < -0.4 is 5.32 Å². The van der Waals surface area contributed by atoms with Crippen LogP contribution in [0.4, 0.5) is 17.6 Å². The zero-order valence-electron chi connectivity index (χ0n) is 13.2. The third-order valence-electron chi connectivity index (χ3n) is 3.37. The fourth-order valence-corrected chi connectivity index (χ4v) is 1.87. The second kappa shape index (κ2) is 7.38. The van der Waals surface area contributed by atoms with Crippen molar-refractivity contribution in [1.82, 2.24) is 5.32 Å². The Balaban J connectivity index is 3.00. The van der Waals surface area contributed by atoms with Gasteiger partial charge in [-0.3, -0.25) is 4.79 Å². The first-order chi connectivity index (χ1) is 10.9. The smallest absolute Gasteiger partial charge is 0.402 e. The standard InChI is InChI=1S/C15H16ClF4NO3/c1-4-24-12(22)10-9(16)6-5-8(11(10)17)7-21-13(23)14(2,3)15(18,19)20/h5-6H,4,7H2,1-3H3,(H,21,23). The van der Waals surface area contributed by atoms with Crippen LogP contribution in [0.15, 0.2) is 12.1 Å². The number of rotatable bonds is 5. The summed E-state index contributed by atoms with van der Waals surface area (Å²) in [6, 6.07) is 2.37. The van der Waals surface area contributed by atoms with Gasteiger partial charge in [0.1, 0.15) is 16.8 Å². The maximum Gasteiger partial charge on any atom is 0.402 e. The van der Waals surface area contributed by atoms with Crippen LogP contribution >= 0.6 is 11.6 Å². The fraction of sp³-hybridized carbons (Fsp3) is 0.467. The first-order valence-corrected chi connectivity index (χ1v) is 7.30. The zero-order valence-corrected chi connectivity index (χ0v) is 13.9. The molecule has 1 amide bonds. The normalized spacial score (nSPS) is 12.0. The van der Waals surface area contributed by atoms with Crippen LogP contribution in [0.1, 0.15) is 36.7 Å². The molecule has 0 fully saturated rings. The van der Waals surface area contributed by atoms with Crippen LogP contribution in [-0.2, 0) is 16.1 Å². The van der Waals surface area contributed by atoms with Gasteiger partial charge < -0.3 is 10.1 Å². The molecule has 1 aromatic carbocycles. The number of esters is 1. The summed E-state index contributed by atoms with van der Waals surface area (Å²) < 4.78 is 57.3. The minimum absolute atomic E-state index is 0.00463. The Bertz CT molecular complexity index is 644. The van der Waals surface area contributed by atoms with E-state index in [0.29, 0.717) is 13.8 Å². The third-order valence-corrected chi connectivity index (χ3v) is 3.68. The predicted octanol–water partition coefficient (Wildman–Crippen LogP) is 3.86. The maximum absolute atomic E-state index is 14.3. The molecule has 0 aromatic heterocycles. The molecule has 9 heteroatoms. The summed E-state index contributed by atoms with van der Waals surface area (Å²) in [5, 5.41) is 1.81. The quantitative estimate of drug-likeness (QED) is 0.633. The number of carbonyl (C=O) groups excluding carboxylic acids is 2. The van der Waals surface area contributed by atoms with Gasteiger partial charge in [0.25, 0.3) is 0 Å². The average molecular weight is 370 g/mol. The molecule has 0 aliphatic carbocycles. The Morgan fingerprint density at radius 2 is 1.83 bits per heavy atom. The van der Waals surface area contributed by atoms with E-state index < -0.39 is 41.4 Å². The van der Waals surface area contributed by atoms with Gasteiger partial charge in [-0.15, -0.1) is 0 Å². The first kappa shape index (κ1) is 20.2. The molecule has 0 saturated heterocycles. The van der Waals surface area contributed by atoms with E-state index in [1.54, 1.807) is 0 Å². The van der Waals surface area contributed by atoms with Crippen LogP contribution in [-0.4, -0.2) is 24.7 Å². The molecule has 0 aliphatic heterocycles. The van der Waals surface area contributed by atoms with Gasteiger partial charge in [0.15, 0.2) is 0 Å². The molecule has 0 atom stereocenters. The highest BCUT2D eigenvalue weighted by Gasteiger charge is 2.52. The summed E-state index contributed by atoms with van der Waals surface area (Å²) in [6.45, 7) is 2.41. The minimum atomic E-state index is -4.76. The van der Waals surface area contributed by atoms with Gasteiger partial charge in [-0.1, -0.05) is 17.7 Å². The summed E-state index contributed by atoms with van der Waals surface area (Å²) in [4.78, 5) is 23.4. The number of halogens is 5. The summed E-state index contributed by atoms with van der Waals surface area (Å²) in [7, 11) is 0. The summed E-state index contributed by atoms with van der Waals surface area (Å²) in [5.41, 5.74) is -3.35. The highest BCUT2D eigenvalue weighted by atomic mass is 35.5. The summed E-state index contributed by atoms with van der Waals surface area (Å²) in [6.07, 6.45) is -4.76. The van der Waals surface area contributed by atoms with Crippen LogP contribution in [0.5, 0.6) is 0 Å². The van der Waals surface area contributed by atoms with Crippen molar-refractivity contribution in [2.24, 2.45) is 5.41 Å².